The molecule has 5 nitrogen and oxygen atoms in total. The maximum atomic E-state index is 5.75. The molecule has 1 aromatic heterocycles. The zero-order valence-electron chi connectivity index (χ0n) is 11.2. The topological polar surface area (TPSA) is 64.3 Å². The summed E-state index contributed by atoms with van der Waals surface area (Å²) >= 11 is 0. The van der Waals surface area contributed by atoms with Gasteiger partial charge in [0.2, 0.25) is 0 Å². The van der Waals surface area contributed by atoms with E-state index in [0.29, 0.717) is 6.54 Å². The minimum Gasteiger partial charge on any atom is -0.370 e. The molecule has 1 aliphatic rings. The Morgan fingerprint density at radius 2 is 2.28 bits per heavy atom. The molecule has 0 radical (unpaired) electrons. The number of aryl methyl sites for hydroxylation is 1. The molecule has 0 spiro atoms. The molecule has 2 heterocycles. The number of morpholine rings is 1. The van der Waals surface area contributed by atoms with Crippen molar-refractivity contribution < 1.29 is 4.74 Å². The van der Waals surface area contributed by atoms with Crippen LogP contribution in [0.4, 0.5) is 5.82 Å². The van der Waals surface area contributed by atoms with Gasteiger partial charge < -0.3 is 15.4 Å². The molecule has 0 aliphatic carbocycles. The highest BCUT2D eigenvalue weighted by molar-refractivity contribution is 5.39. The van der Waals surface area contributed by atoms with Gasteiger partial charge in [-0.3, -0.25) is 0 Å². The van der Waals surface area contributed by atoms with Gasteiger partial charge in [0.15, 0.2) is 0 Å². The van der Waals surface area contributed by atoms with Gasteiger partial charge in [-0.25, -0.2) is 9.97 Å². The summed E-state index contributed by atoms with van der Waals surface area (Å²) in [6.07, 6.45) is 4.03. The van der Waals surface area contributed by atoms with Crippen LogP contribution in [0.15, 0.2) is 12.4 Å². The molecule has 2 rings (SSSR count). The predicted octanol–water partition coefficient (Wildman–Crippen LogP) is 0.981. The minimum absolute atomic E-state index is 0.0957. The Bertz CT molecular complexity index is 385. The van der Waals surface area contributed by atoms with E-state index < -0.39 is 0 Å². The fraction of sp³-hybridized carbons (Fsp3) is 0.692. The Balaban J connectivity index is 2.11. The highest BCUT2D eigenvalue weighted by atomic mass is 16.5. The van der Waals surface area contributed by atoms with Gasteiger partial charge in [-0.1, -0.05) is 13.3 Å². The van der Waals surface area contributed by atoms with Gasteiger partial charge in [0.1, 0.15) is 12.1 Å². The van der Waals surface area contributed by atoms with Crippen molar-refractivity contribution in [3.8, 4) is 0 Å². The van der Waals surface area contributed by atoms with E-state index in [1.165, 1.54) is 0 Å². The standard InChI is InChI=1S/C13H22N4O/c1-3-4-11-5-13(16-9-15-11)17-7-10(2)18-12(6-14)8-17/h5,9-10,12H,3-4,6-8,14H2,1-2H3. The van der Waals surface area contributed by atoms with Gasteiger partial charge in [-0.15, -0.1) is 0 Å². The molecule has 1 fully saturated rings. The average molecular weight is 250 g/mol. The molecule has 2 unspecified atom stereocenters. The summed E-state index contributed by atoms with van der Waals surface area (Å²) < 4.78 is 5.75. The molecule has 100 valence electrons. The summed E-state index contributed by atoms with van der Waals surface area (Å²) in [6, 6.07) is 2.08. The summed E-state index contributed by atoms with van der Waals surface area (Å²) in [5.41, 5.74) is 6.80. The van der Waals surface area contributed by atoms with Crippen LogP contribution in [0, 0.1) is 0 Å². The molecule has 0 amide bonds. The van der Waals surface area contributed by atoms with Crippen molar-refractivity contribution in [3.63, 3.8) is 0 Å². The molecule has 18 heavy (non-hydrogen) atoms. The Morgan fingerprint density at radius 3 is 3.00 bits per heavy atom. The van der Waals surface area contributed by atoms with E-state index in [1.807, 2.05) is 0 Å². The van der Waals surface area contributed by atoms with E-state index in [-0.39, 0.29) is 12.2 Å². The second-order valence-electron chi connectivity index (χ2n) is 4.83. The molecule has 0 bridgehead atoms. The molecule has 1 aromatic rings. The van der Waals surface area contributed by atoms with E-state index in [4.69, 9.17) is 10.5 Å². The smallest absolute Gasteiger partial charge is 0.132 e. The number of aromatic nitrogens is 2. The number of nitrogens with two attached hydrogens (primary N) is 1. The van der Waals surface area contributed by atoms with Crippen LogP contribution in [0.2, 0.25) is 0 Å². The summed E-state index contributed by atoms with van der Waals surface area (Å²) in [5.74, 6) is 0.988. The molecular weight excluding hydrogens is 228 g/mol. The van der Waals surface area contributed by atoms with Crippen LogP contribution in [0.25, 0.3) is 0 Å². The first-order chi connectivity index (χ1) is 8.72. The van der Waals surface area contributed by atoms with Crippen LogP contribution in [0.3, 0.4) is 0 Å². The first kappa shape index (κ1) is 13.2. The van der Waals surface area contributed by atoms with Gasteiger partial charge in [0.05, 0.1) is 12.2 Å². The summed E-state index contributed by atoms with van der Waals surface area (Å²) in [4.78, 5) is 10.9. The number of nitrogens with zero attached hydrogens (tertiary/aromatic N) is 3. The third-order valence-corrected chi connectivity index (χ3v) is 3.13. The second kappa shape index (κ2) is 6.11. The molecule has 1 saturated heterocycles. The van der Waals surface area contributed by atoms with Crippen molar-refractivity contribution in [2.75, 3.05) is 24.5 Å². The van der Waals surface area contributed by atoms with Gasteiger partial charge in [0.25, 0.3) is 0 Å². The summed E-state index contributed by atoms with van der Waals surface area (Å²) in [6.45, 7) is 6.45. The lowest BCUT2D eigenvalue weighted by atomic mass is 10.2. The molecular formula is C13H22N4O. The molecule has 1 aliphatic heterocycles. The van der Waals surface area contributed by atoms with Crippen LogP contribution in [0.1, 0.15) is 26.0 Å². The zero-order chi connectivity index (χ0) is 13.0. The number of hydrogen-bond donors (Lipinski definition) is 1. The highest BCUT2D eigenvalue weighted by Crippen LogP contribution is 2.18. The molecule has 2 N–H and O–H groups in total. The van der Waals surface area contributed by atoms with Crippen molar-refractivity contribution in [1.29, 1.82) is 0 Å². The molecule has 5 heteroatoms. The number of anilines is 1. The first-order valence-electron chi connectivity index (χ1n) is 6.64. The van der Waals surface area contributed by atoms with Gasteiger partial charge in [0, 0.05) is 31.4 Å². The summed E-state index contributed by atoms with van der Waals surface area (Å²) in [5, 5.41) is 0. The zero-order valence-corrected chi connectivity index (χ0v) is 11.2. The number of hydrogen-bond acceptors (Lipinski definition) is 5. The lowest BCUT2D eigenvalue weighted by Gasteiger charge is -2.37. The van der Waals surface area contributed by atoms with E-state index in [1.54, 1.807) is 6.33 Å². The number of rotatable bonds is 4. The lowest BCUT2D eigenvalue weighted by molar-refractivity contribution is -0.0107. The van der Waals surface area contributed by atoms with Crippen molar-refractivity contribution in [2.45, 2.75) is 38.9 Å². The van der Waals surface area contributed by atoms with Crippen molar-refractivity contribution in [3.05, 3.63) is 18.1 Å². The van der Waals surface area contributed by atoms with Crippen LogP contribution < -0.4 is 10.6 Å². The van der Waals surface area contributed by atoms with Crippen molar-refractivity contribution in [1.82, 2.24) is 9.97 Å². The second-order valence-corrected chi connectivity index (χ2v) is 4.83. The fourth-order valence-electron chi connectivity index (χ4n) is 2.31. The Labute approximate surface area is 108 Å². The van der Waals surface area contributed by atoms with E-state index in [2.05, 4.69) is 34.8 Å². The van der Waals surface area contributed by atoms with E-state index in [9.17, 15) is 0 Å². The van der Waals surface area contributed by atoms with E-state index >= 15 is 0 Å². The maximum Gasteiger partial charge on any atom is 0.132 e. The quantitative estimate of drug-likeness (QED) is 0.863. The van der Waals surface area contributed by atoms with Gasteiger partial charge >= 0.3 is 0 Å². The third-order valence-electron chi connectivity index (χ3n) is 3.13. The average Bonchev–Trinajstić information content (AvgIpc) is 2.39. The minimum atomic E-state index is 0.0957. The highest BCUT2D eigenvalue weighted by Gasteiger charge is 2.25. The number of ether oxygens (including phenoxy) is 1. The first-order valence-corrected chi connectivity index (χ1v) is 6.64. The molecule has 2 atom stereocenters. The monoisotopic (exact) mass is 250 g/mol. The lowest BCUT2D eigenvalue weighted by Crippen LogP contribution is -2.49. The third kappa shape index (κ3) is 3.17. The van der Waals surface area contributed by atoms with E-state index in [0.717, 1.165) is 37.4 Å². The predicted molar refractivity (Wildman–Crippen MR) is 71.6 cm³/mol. The molecule has 0 saturated carbocycles. The Morgan fingerprint density at radius 1 is 1.44 bits per heavy atom. The van der Waals surface area contributed by atoms with Crippen LogP contribution >= 0.6 is 0 Å². The van der Waals surface area contributed by atoms with Crippen LogP contribution in [-0.2, 0) is 11.2 Å². The SMILES string of the molecule is CCCc1cc(N2CC(C)OC(CN)C2)ncn1. The molecule has 0 aromatic carbocycles. The fourth-order valence-corrected chi connectivity index (χ4v) is 2.31. The van der Waals surface area contributed by atoms with Gasteiger partial charge in [-0.05, 0) is 13.3 Å². The van der Waals surface area contributed by atoms with Gasteiger partial charge in [-0.2, -0.15) is 0 Å². The van der Waals surface area contributed by atoms with Crippen LogP contribution in [-0.4, -0.2) is 41.8 Å². The maximum absolute atomic E-state index is 5.75. The largest absolute Gasteiger partial charge is 0.370 e. The van der Waals surface area contributed by atoms with Crippen molar-refractivity contribution in [2.24, 2.45) is 5.73 Å². The van der Waals surface area contributed by atoms with Crippen LogP contribution in [0.5, 0.6) is 0 Å². The normalized spacial score (nSPS) is 24.3. The Kier molecular flexibility index (Phi) is 4.49. The Hall–Kier alpha value is -1.20. The summed E-state index contributed by atoms with van der Waals surface area (Å²) in [7, 11) is 0. The van der Waals surface area contributed by atoms with Crippen molar-refractivity contribution >= 4 is 5.82 Å².